The molecular formula is C11H23NO2. The zero-order chi connectivity index (χ0) is 11.0. The summed E-state index contributed by atoms with van der Waals surface area (Å²) in [6.07, 6.45) is 1.05. The third-order valence-electron chi connectivity index (χ3n) is 2.45. The molecule has 3 heteroatoms. The van der Waals surface area contributed by atoms with Crippen molar-refractivity contribution >= 4 is 5.97 Å². The van der Waals surface area contributed by atoms with Crippen molar-refractivity contribution in [3.05, 3.63) is 0 Å². The average molecular weight is 201 g/mol. The maximum Gasteiger partial charge on any atom is 0.310 e. The predicted octanol–water partition coefficient (Wildman–Crippen LogP) is 1.82. The third-order valence-corrected chi connectivity index (χ3v) is 2.45. The van der Waals surface area contributed by atoms with Crippen LogP contribution in [0, 0.1) is 11.8 Å². The summed E-state index contributed by atoms with van der Waals surface area (Å²) in [5.41, 5.74) is 0. The van der Waals surface area contributed by atoms with Crippen LogP contribution in [0.3, 0.4) is 0 Å². The molecule has 0 amide bonds. The van der Waals surface area contributed by atoms with E-state index in [4.69, 9.17) is 4.74 Å². The van der Waals surface area contributed by atoms with Crippen molar-refractivity contribution in [3.63, 3.8) is 0 Å². The molecule has 0 aromatic heterocycles. The van der Waals surface area contributed by atoms with E-state index in [-0.39, 0.29) is 11.9 Å². The molecule has 14 heavy (non-hydrogen) atoms. The number of esters is 1. The van der Waals surface area contributed by atoms with Gasteiger partial charge in [0.1, 0.15) is 0 Å². The molecule has 0 aromatic rings. The first kappa shape index (κ1) is 13.4. The van der Waals surface area contributed by atoms with Crippen molar-refractivity contribution in [3.8, 4) is 0 Å². The molecule has 0 aliphatic carbocycles. The maximum absolute atomic E-state index is 11.4. The van der Waals surface area contributed by atoms with Gasteiger partial charge in [-0.2, -0.15) is 0 Å². The Balaban J connectivity index is 0.000000791. The quantitative estimate of drug-likeness (QED) is 0.708. The zero-order valence-electron chi connectivity index (χ0n) is 9.80. The lowest BCUT2D eigenvalue weighted by Gasteiger charge is -2.14. The minimum absolute atomic E-state index is 0.0330. The topological polar surface area (TPSA) is 38.3 Å². The second-order valence-electron chi connectivity index (χ2n) is 3.19. The molecule has 1 rings (SSSR count). The van der Waals surface area contributed by atoms with Gasteiger partial charge in [0, 0.05) is 6.54 Å². The van der Waals surface area contributed by atoms with Crippen LogP contribution in [-0.2, 0) is 9.53 Å². The molecule has 3 nitrogen and oxygen atoms in total. The Morgan fingerprint density at radius 2 is 2.00 bits per heavy atom. The van der Waals surface area contributed by atoms with Crippen LogP contribution in [0.2, 0.25) is 0 Å². The van der Waals surface area contributed by atoms with Crippen LogP contribution in [0.15, 0.2) is 0 Å². The SMILES string of the molecule is CC.CCOC(=O)C1CNCC1CC. The molecule has 1 heterocycles. The first-order chi connectivity index (χ1) is 6.79. The fraction of sp³-hybridized carbons (Fsp3) is 0.909. The molecule has 0 spiro atoms. The van der Waals surface area contributed by atoms with Crippen LogP contribution in [0.25, 0.3) is 0 Å². The van der Waals surface area contributed by atoms with E-state index < -0.39 is 0 Å². The molecule has 1 aliphatic heterocycles. The van der Waals surface area contributed by atoms with Crippen LogP contribution in [0.5, 0.6) is 0 Å². The molecule has 1 saturated heterocycles. The smallest absolute Gasteiger partial charge is 0.310 e. The van der Waals surface area contributed by atoms with E-state index in [2.05, 4.69) is 12.2 Å². The molecule has 1 N–H and O–H groups in total. The summed E-state index contributed by atoms with van der Waals surface area (Å²) in [6, 6.07) is 0. The average Bonchev–Trinajstić information content (AvgIpc) is 2.69. The first-order valence-electron chi connectivity index (χ1n) is 5.66. The molecular weight excluding hydrogens is 178 g/mol. The molecule has 1 fully saturated rings. The van der Waals surface area contributed by atoms with E-state index in [1.165, 1.54) is 0 Å². The van der Waals surface area contributed by atoms with Gasteiger partial charge in [0.15, 0.2) is 0 Å². The number of rotatable bonds is 3. The Kier molecular flexibility index (Phi) is 7.48. The van der Waals surface area contributed by atoms with Crippen molar-refractivity contribution < 1.29 is 9.53 Å². The lowest BCUT2D eigenvalue weighted by Crippen LogP contribution is -2.24. The fourth-order valence-electron chi connectivity index (χ4n) is 1.69. The summed E-state index contributed by atoms with van der Waals surface area (Å²) in [4.78, 5) is 11.4. The lowest BCUT2D eigenvalue weighted by molar-refractivity contribution is -0.148. The Morgan fingerprint density at radius 3 is 2.50 bits per heavy atom. The van der Waals surface area contributed by atoms with Gasteiger partial charge in [-0.15, -0.1) is 0 Å². The lowest BCUT2D eigenvalue weighted by atomic mass is 9.94. The Morgan fingerprint density at radius 1 is 1.36 bits per heavy atom. The normalized spacial score (nSPS) is 25.1. The molecule has 0 bridgehead atoms. The van der Waals surface area contributed by atoms with E-state index in [1.54, 1.807) is 0 Å². The van der Waals surface area contributed by atoms with Gasteiger partial charge in [-0.05, 0) is 19.4 Å². The van der Waals surface area contributed by atoms with Gasteiger partial charge in [0.25, 0.3) is 0 Å². The summed E-state index contributed by atoms with van der Waals surface area (Å²) < 4.78 is 4.98. The summed E-state index contributed by atoms with van der Waals surface area (Å²) in [7, 11) is 0. The van der Waals surface area contributed by atoms with E-state index in [9.17, 15) is 4.79 Å². The Bertz CT molecular complexity index is 159. The van der Waals surface area contributed by atoms with Gasteiger partial charge in [0.2, 0.25) is 0 Å². The van der Waals surface area contributed by atoms with Crippen molar-refractivity contribution in [2.45, 2.75) is 34.1 Å². The highest BCUT2D eigenvalue weighted by atomic mass is 16.5. The summed E-state index contributed by atoms with van der Waals surface area (Å²) >= 11 is 0. The van der Waals surface area contributed by atoms with Crippen molar-refractivity contribution in [1.82, 2.24) is 5.32 Å². The highest BCUT2D eigenvalue weighted by Gasteiger charge is 2.32. The highest BCUT2D eigenvalue weighted by Crippen LogP contribution is 2.20. The summed E-state index contributed by atoms with van der Waals surface area (Å²) in [6.45, 7) is 10.2. The fourth-order valence-corrected chi connectivity index (χ4v) is 1.69. The molecule has 1 aliphatic rings. The van der Waals surface area contributed by atoms with Crippen molar-refractivity contribution in [1.29, 1.82) is 0 Å². The van der Waals surface area contributed by atoms with Gasteiger partial charge >= 0.3 is 5.97 Å². The van der Waals surface area contributed by atoms with Gasteiger partial charge in [0.05, 0.1) is 12.5 Å². The molecule has 0 saturated carbocycles. The number of ether oxygens (including phenoxy) is 1. The number of hydrogen-bond donors (Lipinski definition) is 1. The van der Waals surface area contributed by atoms with E-state index in [0.717, 1.165) is 19.5 Å². The number of carbonyl (C=O) groups excluding carboxylic acids is 1. The van der Waals surface area contributed by atoms with Crippen LogP contribution >= 0.6 is 0 Å². The third kappa shape index (κ3) is 3.66. The van der Waals surface area contributed by atoms with Gasteiger partial charge in [-0.1, -0.05) is 27.2 Å². The maximum atomic E-state index is 11.4. The molecule has 0 aromatic carbocycles. The largest absolute Gasteiger partial charge is 0.466 e. The minimum Gasteiger partial charge on any atom is -0.466 e. The Hall–Kier alpha value is -0.570. The monoisotopic (exact) mass is 201 g/mol. The Labute approximate surface area is 87.2 Å². The van der Waals surface area contributed by atoms with E-state index in [1.807, 2.05) is 20.8 Å². The first-order valence-corrected chi connectivity index (χ1v) is 5.66. The summed E-state index contributed by atoms with van der Waals surface area (Å²) in [5, 5.41) is 3.21. The van der Waals surface area contributed by atoms with E-state index in [0.29, 0.717) is 12.5 Å². The number of carbonyl (C=O) groups is 1. The van der Waals surface area contributed by atoms with Crippen molar-refractivity contribution in [2.75, 3.05) is 19.7 Å². The van der Waals surface area contributed by atoms with Crippen LogP contribution in [0.4, 0.5) is 0 Å². The predicted molar refractivity (Wildman–Crippen MR) is 58.1 cm³/mol. The van der Waals surface area contributed by atoms with Gasteiger partial charge in [-0.25, -0.2) is 0 Å². The number of hydrogen-bond acceptors (Lipinski definition) is 3. The molecule has 2 unspecified atom stereocenters. The van der Waals surface area contributed by atoms with Crippen molar-refractivity contribution in [2.24, 2.45) is 11.8 Å². The summed E-state index contributed by atoms with van der Waals surface area (Å²) in [5.74, 6) is 0.536. The highest BCUT2D eigenvalue weighted by molar-refractivity contribution is 5.73. The second kappa shape index (κ2) is 7.80. The molecule has 2 atom stereocenters. The molecule has 84 valence electrons. The molecule has 0 radical (unpaired) electrons. The standard InChI is InChI=1S/C9H17NO2.C2H6/c1-3-7-5-10-6-8(7)9(11)12-4-2;1-2/h7-8,10H,3-6H2,1-2H3;1-2H3. The zero-order valence-corrected chi connectivity index (χ0v) is 9.80. The van der Waals surface area contributed by atoms with Gasteiger partial charge < -0.3 is 10.1 Å². The second-order valence-corrected chi connectivity index (χ2v) is 3.19. The van der Waals surface area contributed by atoms with Crippen LogP contribution < -0.4 is 5.32 Å². The van der Waals surface area contributed by atoms with Crippen LogP contribution in [-0.4, -0.2) is 25.7 Å². The van der Waals surface area contributed by atoms with E-state index >= 15 is 0 Å². The van der Waals surface area contributed by atoms with Crippen LogP contribution in [0.1, 0.15) is 34.1 Å². The number of nitrogens with one attached hydrogen (secondary N) is 1. The minimum atomic E-state index is -0.0330. The van der Waals surface area contributed by atoms with Gasteiger partial charge in [-0.3, -0.25) is 4.79 Å².